The Bertz CT molecular complexity index is 8170. The highest BCUT2D eigenvalue weighted by molar-refractivity contribution is 6.16. The Morgan fingerprint density at radius 2 is 0.504 bits per heavy atom. The molecule has 6 aromatic heterocycles. The number of anilines is 6. The normalized spacial score (nSPS) is 12.0. The first-order valence-corrected chi connectivity index (χ1v) is 39.3. The van der Waals surface area contributed by atoms with E-state index in [1.165, 1.54) is 17.7 Å². The minimum absolute atomic E-state index is 0.311. The molecule has 24 aromatic rings. The Morgan fingerprint density at radius 1 is 0.162 bits per heavy atom. The number of benzene rings is 18. The Hall–Kier alpha value is -15.7. The van der Waals surface area contributed by atoms with E-state index in [0.29, 0.717) is 0 Å². The van der Waals surface area contributed by atoms with Gasteiger partial charge in [0.05, 0.1) is 5.69 Å². The van der Waals surface area contributed by atoms with Gasteiger partial charge in [-0.3, -0.25) is 0 Å². The van der Waals surface area contributed by atoms with Crippen LogP contribution in [0.25, 0.3) is 210 Å². The highest BCUT2D eigenvalue weighted by atomic mass is 19.1. The SMILES string of the molecule is Fc1ccc(-c2cc(-c3ccc4c(c3)oc3cccc(-c5ccc6c(c5)oc5cc(-c7ccc8c(c7)oc7ccc(N(c9ccccc9)c9cccc(-c%10ccccc%10)c9)cc78)ccc56)c34)ccc2N(c2ccccc2)c2ccc3c(c2)oc2cc(-c4ccc5c(c4)oc4cc(-c6ccc7oc8ccccc8c7c6)ccc45)ccc23)cc1. The Morgan fingerprint density at radius 3 is 1.11 bits per heavy atom. The van der Waals surface area contributed by atoms with E-state index >= 15 is 0 Å². The zero-order valence-corrected chi connectivity index (χ0v) is 62.6. The molecule has 6 heterocycles. The van der Waals surface area contributed by atoms with Crippen LogP contribution in [0, 0.1) is 5.82 Å². The van der Waals surface area contributed by atoms with Crippen LogP contribution in [-0.2, 0) is 0 Å². The van der Waals surface area contributed by atoms with E-state index in [-0.39, 0.29) is 5.82 Å². The van der Waals surface area contributed by atoms with Gasteiger partial charge in [-0.25, -0.2) is 4.39 Å². The molecule has 0 fully saturated rings. The highest BCUT2D eigenvalue weighted by Gasteiger charge is 2.25. The largest absolute Gasteiger partial charge is 0.456 e. The third-order valence-electron chi connectivity index (χ3n) is 23.5. The van der Waals surface area contributed by atoms with Crippen molar-refractivity contribution in [3.8, 4) is 77.9 Å². The molecule has 0 atom stereocenters. The summed E-state index contributed by atoms with van der Waals surface area (Å²) < 4.78 is 55.0. The van der Waals surface area contributed by atoms with Gasteiger partial charge >= 0.3 is 0 Å². The van der Waals surface area contributed by atoms with Crippen LogP contribution in [0.3, 0.4) is 0 Å². The van der Waals surface area contributed by atoms with Crippen molar-refractivity contribution in [2.24, 2.45) is 0 Å². The van der Waals surface area contributed by atoms with Crippen LogP contribution >= 0.6 is 0 Å². The Kier molecular flexibility index (Phi) is 14.8. The zero-order chi connectivity index (χ0) is 76.9. The van der Waals surface area contributed by atoms with E-state index in [2.05, 4.69) is 325 Å². The Balaban J connectivity index is 0.526. The van der Waals surface area contributed by atoms with Gasteiger partial charge in [-0.15, -0.1) is 0 Å². The summed E-state index contributed by atoms with van der Waals surface area (Å²) in [5.74, 6) is -0.311. The van der Waals surface area contributed by atoms with Crippen LogP contribution in [-0.4, -0.2) is 0 Å². The van der Waals surface area contributed by atoms with E-state index in [1.54, 1.807) is 0 Å². The third-order valence-corrected chi connectivity index (χ3v) is 23.5. The molecule has 0 aliphatic rings. The predicted octanol–water partition coefficient (Wildman–Crippen LogP) is 31.8. The fraction of sp³-hybridized carbons (Fsp3) is 0. The minimum atomic E-state index is -0.311. The third kappa shape index (κ3) is 11.0. The second kappa shape index (κ2) is 26.2. The van der Waals surface area contributed by atoms with E-state index in [9.17, 15) is 4.39 Å². The average molecular weight is 1500 g/mol. The molecule has 0 unspecified atom stereocenters. The summed E-state index contributed by atoms with van der Waals surface area (Å²) in [5.41, 5.74) is 29.9. The zero-order valence-electron chi connectivity index (χ0n) is 62.6. The van der Waals surface area contributed by atoms with Crippen LogP contribution in [0.1, 0.15) is 0 Å². The number of fused-ring (bicyclic) bond motifs is 18. The maximum absolute atomic E-state index is 15.0. The Labute approximate surface area is 668 Å². The average Bonchev–Trinajstić information content (AvgIpc) is 1.65. The molecular formula is C108H63FN2O6. The molecule has 0 spiro atoms. The number of para-hydroxylation sites is 3. The van der Waals surface area contributed by atoms with Crippen LogP contribution in [0.15, 0.2) is 409 Å². The predicted molar refractivity (Wildman–Crippen MR) is 477 cm³/mol. The van der Waals surface area contributed by atoms with Crippen molar-refractivity contribution in [2.45, 2.75) is 0 Å². The van der Waals surface area contributed by atoms with Crippen molar-refractivity contribution in [2.75, 3.05) is 9.80 Å². The van der Waals surface area contributed by atoms with Gasteiger partial charge in [0.15, 0.2) is 0 Å². The molecule has 8 nitrogen and oxygen atoms in total. The quantitative estimate of drug-likeness (QED) is 0.113. The number of rotatable bonds is 13. The van der Waals surface area contributed by atoms with Crippen LogP contribution in [0.2, 0.25) is 0 Å². The van der Waals surface area contributed by atoms with Crippen molar-refractivity contribution < 1.29 is 30.9 Å². The van der Waals surface area contributed by atoms with Crippen molar-refractivity contribution in [3.05, 3.63) is 388 Å². The molecule has 0 aliphatic carbocycles. The lowest BCUT2D eigenvalue weighted by molar-refractivity contribution is 0.628. The molecule has 18 aromatic carbocycles. The van der Waals surface area contributed by atoms with Gasteiger partial charge in [0, 0.05) is 105 Å². The molecule has 0 N–H and O–H groups in total. The van der Waals surface area contributed by atoms with Gasteiger partial charge < -0.3 is 36.3 Å². The van der Waals surface area contributed by atoms with Gasteiger partial charge in [0.2, 0.25) is 0 Å². The van der Waals surface area contributed by atoms with E-state index in [4.69, 9.17) is 26.5 Å². The van der Waals surface area contributed by atoms with Gasteiger partial charge in [-0.2, -0.15) is 0 Å². The lowest BCUT2D eigenvalue weighted by atomic mass is 9.94. The number of hydrogen-bond donors (Lipinski definition) is 0. The summed E-state index contributed by atoms with van der Waals surface area (Å²) >= 11 is 0. The second-order valence-electron chi connectivity index (χ2n) is 30.3. The summed E-state index contributed by atoms with van der Waals surface area (Å²) in [5, 5.41) is 12.5. The van der Waals surface area contributed by atoms with Gasteiger partial charge in [0.25, 0.3) is 0 Å². The molecule has 0 saturated heterocycles. The molecule has 0 aliphatic heterocycles. The van der Waals surface area contributed by atoms with Gasteiger partial charge in [-0.05, 0) is 273 Å². The van der Waals surface area contributed by atoms with Gasteiger partial charge in [-0.1, -0.05) is 176 Å². The van der Waals surface area contributed by atoms with E-state index in [0.717, 1.165) is 238 Å². The molecule has 0 saturated carbocycles. The first kappa shape index (κ1) is 65.9. The maximum Gasteiger partial charge on any atom is 0.137 e. The van der Waals surface area contributed by atoms with E-state index in [1.807, 2.05) is 54.6 Å². The molecule has 24 rings (SSSR count). The summed E-state index contributed by atoms with van der Waals surface area (Å²) in [7, 11) is 0. The maximum atomic E-state index is 15.0. The number of halogens is 1. The van der Waals surface area contributed by atoms with Crippen LogP contribution in [0.4, 0.5) is 38.5 Å². The second-order valence-corrected chi connectivity index (χ2v) is 30.3. The number of nitrogens with zero attached hydrogens (tertiary/aromatic N) is 2. The van der Waals surface area contributed by atoms with Crippen LogP contribution in [0.5, 0.6) is 0 Å². The van der Waals surface area contributed by atoms with Crippen molar-refractivity contribution in [3.63, 3.8) is 0 Å². The van der Waals surface area contributed by atoms with Crippen molar-refractivity contribution >= 4 is 166 Å². The molecule has 0 radical (unpaired) electrons. The monoisotopic (exact) mass is 1500 g/mol. The topological polar surface area (TPSA) is 85.3 Å². The summed E-state index contributed by atoms with van der Waals surface area (Å²) in [4.78, 5) is 4.56. The molecule has 0 amide bonds. The molecule has 0 bridgehead atoms. The fourth-order valence-corrected chi connectivity index (χ4v) is 17.8. The lowest BCUT2D eigenvalue weighted by Crippen LogP contribution is -2.11. The first-order chi connectivity index (χ1) is 57.8. The van der Waals surface area contributed by atoms with E-state index < -0.39 is 0 Å². The molecular weight excluding hydrogens is 1440 g/mol. The highest BCUT2D eigenvalue weighted by Crippen LogP contribution is 2.49. The number of furan rings is 6. The number of hydrogen-bond acceptors (Lipinski definition) is 8. The van der Waals surface area contributed by atoms with Crippen molar-refractivity contribution in [1.82, 2.24) is 0 Å². The first-order valence-electron chi connectivity index (χ1n) is 39.3. The van der Waals surface area contributed by atoms with Crippen molar-refractivity contribution in [1.29, 1.82) is 0 Å². The molecule has 9 heteroatoms. The summed E-state index contributed by atoms with van der Waals surface area (Å²) in [6.07, 6.45) is 0. The van der Waals surface area contributed by atoms with Gasteiger partial charge in [0.1, 0.15) is 72.8 Å². The standard InChI is InChI=1S/C108H63FN2O6/c109-76-37-26-65(27-38-76)92-53-67(35-49-95(92)111(78-19-8-3-9-20-78)81-39-48-89-87-44-31-73(58-103(87)117-107(89)63-81)71-29-42-85-84-41-28-69(55-100(84)115-101(85)56-71)68-36-50-97-93(54-68)83-22-10-11-24-96(83)112-97)70-33-47-91-106(60-70)114-99-25-13-23-82(108(91)99)75-34-46-88-86-43-30-72(57-102(86)116-105(88)61-75)74-32-45-90-94-62-80(40-51-98(94)113-104(90)59-74)110(77-17-6-2-7-18-77)79-21-12-16-66(52-79)64-14-4-1-5-15-64/h1-63H. The minimum Gasteiger partial charge on any atom is -0.456 e. The lowest BCUT2D eigenvalue weighted by Gasteiger charge is -2.28. The fourth-order valence-electron chi connectivity index (χ4n) is 17.8. The summed E-state index contributed by atoms with van der Waals surface area (Å²) in [6, 6.07) is 132. The van der Waals surface area contributed by atoms with Crippen LogP contribution < -0.4 is 9.80 Å². The summed E-state index contributed by atoms with van der Waals surface area (Å²) in [6.45, 7) is 0. The molecule has 117 heavy (non-hydrogen) atoms. The smallest absolute Gasteiger partial charge is 0.137 e. The molecule has 548 valence electrons.